The molecule has 0 atom stereocenters. The lowest BCUT2D eigenvalue weighted by Gasteiger charge is -2.34. The maximum absolute atomic E-state index is 4.64. The zero-order valence-corrected chi connectivity index (χ0v) is 11.9. The van der Waals surface area contributed by atoms with Gasteiger partial charge in [-0.05, 0) is 30.1 Å². The van der Waals surface area contributed by atoms with Gasteiger partial charge in [-0.3, -0.25) is 4.90 Å². The van der Waals surface area contributed by atoms with Crippen molar-refractivity contribution in [3.05, 3.63) is 36.9 Å². The molecule has 0 unspecified atom stereocenters. The Balaban J connectivity index is 1.69. The van der Waals surface area contributed by atoms with E-state index in [1.165, 1.54) is 15.9 Å². The van der Waals surface area contributed by atoms with Crippen molar-refractivity contribution in [1.82, 2.24) is 9.27 Å². The average molecular weight is 273 g/mol. The van der Waals surface area contributed by atoms with Crippen LogP contribution in [0.2, 0.25) is 0 Å². The van der Waals surface area contributed by atoms with Gasteiger partial charge in [-0.15, -0.1) is 6.58 Å². The van der Waals surface area contributed by atoms with Crippen molar-refractivity contribution < 1.29 is 0 Å². The highest BCUT2D eigenvalue weighted by atomic mass is 32.1. The molecule has 1 aromatic carbocycles. The van der Waals surface area contributed by atoms with Gasteiger partial charge in [0.1, 0.15) is 5.82 Å². The molecular formula is C15H19N3S. The normalized spacial score (nSPS) is 16.9. The van der Waals surface area contributed by atoms with E-state index in [1.54, 1.807) is 11.5 Å². The van der Waals surface area contributed by atoms with Crippen molar-refractivity contribution in [2.24, 2.45) is 0 Å². The maximum Gasteiger partial charge on any atom is 0.150 e. The van der Waals surface area contributed by atoms with E-state index in [1.807, 2.05) is 6.08 Å². The minimum absolute atomic E-state index is 1.07. The third-order valence-electron chi connectivity index (χ3n) is 3.68. The third kappa shape index (κ3) is 2.65. The number of piperazine rings is 1. The summed E-state index contributed by atoms with van der Waals surface area (Å²) in [7, 11) is 0. The highest BCUT2D eigenvalue weighted by molar-refractivity contribution is 7.13. The van der Waals surface area contributed by atoms with Crippen LogP contribution in [0.15, 0.2) is 36.9 Å². The number of hydrogen-bond donors (Lipinski definition) is 0. The summed E-state index contributed by atoms with van der Waals surface area (Å²) in [5.41, 5.74) is 0. The van der Waals surface area contributed by atoms with Crippen LogP contribution in [0.25, 0.3) is 10.1 Å². The van der Waals surface area contributed by atoms with Gasteiger partial charge in [0.05, 0.1) is 4.70 Å². The quantitative estimate of drug-likeness (QED) is 0.798. The minimum atomic E-state index is 1.07. The maximum atomic E-state index is 4.64. The van der Waals surface area contributed by atoms with Crippen LogP contribution in [-0.2, 0) is 0 Å². The van der Waals surface area contributed by atoms with Crippen LogP contribution in [0.1, 0.15) is 6.42 Å². The smallest absolute Gasteiger partial charge is 0.150 e. The number of aromatic nitrogens is 1. The van der Waals surface area contributed by atoms with Gasteiger partial charge in [-0.1, -0.05) is 18.2 Å². The average Bonchev–Trinajstić information content (AvgIpc) is 2.90. The van der Waals surface area contributed by atoms with Crippen molar-refractivity contribution in [2.75, 3.05) is 37.6 Å². The summed E-state index contributed by atoms with van der Waals surface area (Å²) in [5.74, 6) is 1.17. The fourth-order valence-electron chi connectivity index (χ4n) is 2.56. The Kier molecular flexibility index (Phi) is 3.80. The van der Waals surface area contributed by atoms with E-state index in [0.29, 0.717) is 0 Å². The molecule has 4 heteroatoms. The first kappa shape index (κ1) is 12.6. The van der Waals surface area contributed by atoms with Gasteiger partial charge in [0, 0.05) is 38.1 Å². The number of rotatable bonds is 4. The van der Waals surface area contributed by atoms with E-state index in [4.69, 9.17) is 0 Å². The number of benzene rings is 1. The lowest BCUT2D eigenvalue weighted by atomic mass is 10.2. The van der Waals surface area contributed by atoms with Crippen LogP contribution in [0.5, 0.6) is 0 Å². The Labute approximate surface area is 118 Å². The van der Waals surface area contributed by atoms with Crippen molar-refractivity contribution >= 4 is 27.4 Å². The molecule has 3 nitrogen and oxygen atoms in total. The Morgan fingerprint density at radius 2 is 2.00 bits per heavy atom. The van der Waals surface area contributed by atoms with E-state index < -0.39 is 0 Å². The Morgan fingerprint density at radius 1 is 1.21 bits per heavy atom. The molecule has 2 aromatic rings. The fourth-order valence-corrected chi connectivity index (χ4v) is 3.35. The predicted molar refractivity (Wildman–Crippen MR) is 83.1 cm³/mol. The zero-order valence-electron chi connectivity index (χ0n) is 11.1. The molecule has 0 N–H and O–H groups in total. The molecule has 0 radical (unpaired) electrons. The van der Waals surface area contributed by atoms with Crippen LogP contribution in [0, 0.1) is 0 Å². The summed E-state index contributed by atoms with van der Waals surface area (Å²) in [6, 6.07) is 8.51. The van der Waals surface area contributed by atoms with E-state index in [9.17, 15) is 0 Å². The SMILES string of the molecule is C=CCCN1CCN(c2nsc3ccccc23)CC1. The van der Waals surface area contributed by atoms with Crippen molar-refractivity contribution in [2.45, 2.75) is 6.42 Å². The number of fused-ring (bicyclic) bond motifs is 1. The molecule has 0 amide bonds. The van der Waals surface area contributed by atoms with Crippen LogP contribution in [0.3, 0.4) is 0 Å². The van der Waals surface area contributed by atoms with Crippen molar-refractivity contribution in [3.8, 4) is 0 Å². The Bertz CT molecular complexity index is 555. The second-order valence-corrected chi connectivity index (χ2v) is 5.71. The van der Waals surface area contributed by atoms with Gasteiger partial charge in [-0.2, -0.15) is 4.37 Å². The van der Waals surface area contributed by atoms with Gasteiger partial charge in [0.2, 0.25) is 0 Å². The predicted octanol–water partition coefficient (Wildman–Crippen LogP) is 2.99. The van der Waals surface area contributed by atoms with Gasteiger partial charge in [0.15, 0.2) is 0 Å². The summed E-state index contributed by atoms with van der Waals surface area (Å²) in [5, 5.41) is 1.30. The lowest BCUT2D eigenvalue weighted by molar-refractivity contribution is 0.262. The number of nitrogens with zero attached hydrogens (tertiary/aromatic N) is 3. The van der Waals surface area contributed by atoms with E-state index >= 15 is 0 Å². The summed E-state index contributed by atoms with van der Waals surface area (Å²) in [6.07, 6.45) is 3.08. The minimum Gasteiger partial charge on any atom is -0.353 e. The molecule has 1 saturated heterocycles. The monoisotopic (exact) mass is 273 g/mol. The molecule has 0 bridgehead atoms. The largest absolute Gasteiger partial charge is 0.353 e. The fraction of sp³-hybridized carbons (Fsp3) is 0.400. The lowest BCUT2D eigenvalue weighted by Crippen LogP contribution is -2.46. The zero-order chi connectivity index (χ0) is 13.1. The Morgan fingerprint density at radius 3 is 2.79 bits per heavy atom. The van der Waals surface area contributed by atoms with Gasteiger partial charge in [0.25, 0.3) is 0 Å². The summed E-state index contributed by atoms with van der Waals surface area (Å²) in [6.45, 7) is 9.32. The van der Waals surface area contributed by atoms with Crippen molar-refractivity contribution in [3.63, 3.8) is 0 Å². The second kappa shape index (κ2) is 5.72. The highest BCUT2D eigenvalue weighted by Crippen LogP contribution is 2.29. The van der Waals surface area contributed by atoms with Crippen molar-refractivity contribution in [1.29, 1.82) is 0 Å². The van der Waals surface area contributed by atoms with E-state index in [2.05, 4.69) is 45.0 Å². The molecule has 3 rings (SSSR count). The molecule has 2 heterocycles. The topological polar surface area (TPSA) is 19.4 Å². The van der Waals surface area contributed by atoms with Crippen LogP contribution in [-0.4, -0.2) is 42.0 Å². The molecular weight excluding hydrogens is 254 g/mol. The standard InChI is InChI=1S/C15H19N3S/c1-2-3-8-17-9-11-18(12-10-17)15-13-6-4-5-7-14(13)19-16-15/h2,4-7H,1,3,8-12H2. The third-order valence-corrected chi connectivity index (χ3v) is 4.50. The van der Waals surface area contributed by atoms with E-state index in [0.717, 1.165) is 39.1 Å². The first-order valence-electron chi connectivity index (χ1n) is 6.81. The molecule has 100 valence electrons. The first-order valence-corrected chi connectivity index (χ1v) is 7.58. The molecule has 19 heavy (non-hydrogen) atoms. The number of hydrogen-bond acceptors (Lipinski definition) is 4. The summed E-state index contributed by atoms with van der Waals surface area (Å²) < 4.78 is 5.92. The summed E-state index contributed by atoms with van der Waals surface area (Å²) >= 11 is 1.60. The molecule has 1 aliphatic heterocycles. The molecule has 0 saturated carbocycles. The van der Waals surface area contributed by atoms with Gasteiger partial charge < -0.3 is 4.90 Å². The summed E-state index contributed by atoms with van der Waals surface area (Å²) in [4.78, 5) is 4.93. The highest BCUT2D eigenvalue weighted by Gasteiger charge is 2.19. The van der Waals surface area contributed by atoms with Gasteiger partial charge in [-0.25, -0.2) is 0 Å². The van der Waals surface area contributed by atoms with Crippen LogP contribution in [0.4, 0.5) is 5.82 Å². The molecule has 0 aliphatic carbocycles. The molecule has 1 aromatic heterocycles. The van der Waals surface area contributed by atoms with Crippen LogP contribution < -0.4 is 4.90 Å². The first-order chi connectivity index (χ1) is 9.38. The number of anilines is 1. The second-order valence-electron chi connectivity index (χ2n) is 4.91. The van der Waals surface area contributed by atoms with Gasteiger partial charge >= 0.3 is 0 Å². The molecule has 0 spiro atoms. The van der Waals surface area contributed by atoms with E-state index in [-0.39, 0.29) is 0 Å². The Hall–Kier alpha value is -1.39. The molecule has 1 fully saturated rings. The molecule has 1 aliphatic rings. The van der Waals surface area contributed by atoms with Crippen LogP contribution >= 0.6 is 11.5 Å².